The third kappa shape index (κ3) is 5.06. The number of halogens is 1. The topological polar surface area (TPSA) is 65.6 Å². The fourth-order valence-electron chi connectivity index (χ4n) is 5.02. The van der Waals surface area contributed by atoms with Gasteiger partial charge >= 0.3 is 0 Å². The van der Waals surface area contributed by atoms with Crippen molar-refractivity contribution in [3.8, 4) is 5.75 Å². The Morgan fingerprint density at radius 1 is 1.00 bits per heavy atom. The number of benzene rings is 2. The quantitative estimate of drug-likeness (QED) is 0.514. The van der Waals surface area contributed by atoms with Crippen LogP contribution in [0.4, 0.5) is 0 Å². The maximum atomic E-state index is 13.4. The molecule has 0 bridgehead atoms. The summed E-state index contributed by atoms with van der Waals surface area (Å²) < 4.78 is 34.6. The number of rotatable bonds is 7. The first-order valence-corrected chi connectivity index (χ1v) is 13.5. The maximum Gasteiger partial charge on any atom is 0.243 e. The number of fused-ring (bicyclic) bond motifs is 1. The van der Waals surface area contributed by atoms with Crippen LogP contribution in [0.15, 0.2) is 59.6 Å². The van der Waals surface area contributed by atoms with Crippen molar-refractivity contribution in [3.05, 3.63) is 59.8 Å². The standard InChI is InChI=1S/C25H30ClN3O3S/c26-20-4-6-22(7-5-20)32-23-11-16-28(17-12-23)15-10-21-2-1-14-29(21)33(30,31)24-8-3-19-9-13-27-25(19)18-24/h3-9,13,18,21,23,27H,1-2,10-12,14-17H2/t21-/m0/s1. The van der Waals surface area contributed by atoms with E-state index < -0.39 is 10.0 Å². The van der Waals surface area contributed by atoms with Crippen LogP contribution in [0.1, 0.15) is 32.1 Å². The summed E-state index contributed by atoms with van der Waals surface area (Å²) in [7, 11) is -3.49. The summed E-state index contributed by atoms with van der Waals surface area (Å²) in [5.74, 6) is 0.863. The van der Waals surface area contributed by atoms with Crippen LogP contribution in [0.2, 0.25) is 5.02 Å². The van der Waals surface area contributed by atoms with Gasteiger partial charge in [0.25, 0.3) is 0 Å². The fourth-order valence-corrected chi connectivity index (χ4v) is 6.90. The van der Waals surface area contributed by atoms with Crippen molar-refractivity contribution in [1.29, 1.82) is 0 Å². The van der Waals surface area contributed by atoms with E-state index in [1.165, 1.54) is 0 Å². The van der Waals surface area contributed by atoms with Crippen LogP contribution >= 0.6 is 11.6 Å². The smallest absolute Gasteiger partial charge is 0.243 e. The van der Waals surface area contributed by atoms with Gasteiger partial charge in [0.2, 0.25) is 10.0 Å². The van der Waals surface area contributed by atoms with Crippen molar-refractivity contribution in [3.63, 3.8) is 0 Å². The molecule has 0 amide bonds. The summed E-state index contributed by atoms with van der Waals surface area (Å²) in [5, 5.41) is 1.74. The van der Waals surface area contributed by atoms with E-state index in [0.29, 0.717) is 16.5 Å². The molecule has 0 spiro atoms. The summed E-state index contributed by atoms with van der Waals surface area (Å²) >= 11 is 5.95. The Bertz CT molecular complexity index is 1190. The Balaban J connectivity index is 1.15. The van der Waals surface area contributed by atoms with Crippen molar-refractivity contribution < 1.29 is 13.2 Å². The molecule has 8 heteroatoms. The van der Waals surface area contributed by atoms with Crippen molar-refractivity contribution in [2.45, 2.75) is 49.1 Å². The van der Waals surface area contributed by atoms with Crippen molar-refractivity contribution >= 4 is 32.5 Å². The van der Waals surface area contributed by atoms with E-state index in [9.17, 15) is 8.42 Å². The minimum atomic E-state index is -3.49. The van der Waals surface area contributed by atoms with Crippen LogP contribution in [0.5, 0.6) is 5.75 Å². The SMILES string of the molecule is O=S(=O)(c1ccc2cc[nH]c2c1)N1CCC[C@H]1CCN1CCC(Oc2ccc(Cl)cc2)CC1. The molecule has 2 aliphatic rings. The Morgan fingerprint density at radius 3 is 2.58 bits per heavy atom. The van der Waals surface area contributed by atoms with E-state index in [-0.39, 0.29) is 12.1 Å². The molecule has 1 N–H and O–H groups in total. The first kappa shape index (κ1) is 22.7. The van der Waals surface area contributed by atoms with Gasteiger partial charge in [-0.25, -0.2) is 8.42 Å². The van der Waals surface area contributed by atoms with E-state index in [2.05, 4.69) is 9.88 Å². The van der Waals surface area contributed by atoms with Crippen LogP contribution in [-0.4, -0.2) is 60.9 Å². The number of ether oxygens (including phenoxy) is 1. The summed E-state index contributed by atoms with van der Waals surface area (Å²) in [6, 6.07) is 14.9. The van der Waals surface area contributed by atoms with Crippen molar-refractivity contribution in [2.24, 2.45) is 0 Å². The van der Waals surface area contributed by atoms with Gasteiger partial charge in [-0.3, -0.25) is 0 Å². The van der Waals surface area contributed by atoms with E-state index in [1.54, 1.807) is 16.4 Å². The zero-order valence-electron chi connectivity index (χ0n) is 18.6. The zero-order chi connectivity index (χ0) is 22.8. The highest BCUT2D eigenvalue weighted by Crippen LogP contribution is 2.30. The van der Waals surface area contributed by atoms with Crippen LogP contribution < -0.4 is 4.74 Å². The van der Waals surface area contributed by atoms with Crippen LogP contribution in [0.3, 0.4) is 0 Å². The van der Waals surface area contributed by atoms with Crippen molar-refractivity contribution in [2.75, 3.05) is 26.2 Å². The van der Waals surface area contributed by atoms with E-state index >= 15 is 0 Å². The molecule has 5 rings (SSSR count). The van der Waals surface area contributed by atoms with Gasteiger partial charge in [-0.05, 0) is 86.5 Å². The van der Waals surface area contributed by atoms with Gasteiger partial charge < -0.3 is 14.6 Å². The number of sulfonamides is 1. The second-order valence-corrected chi connectivity index (χ2v) is 11.4. The Morgan fingerprint density at radius 2 is 1.79 bits per heavy atom. The molecule has 1 aromatic heterocycles. The third-order valence-electron chi connectivity index (χ3n) is 6.89. The summed E-state index contributed by atoms with van der Waals surface area (Å²) in [5.41, 5.74) is 0.857. The minimum Gasteiger partial charge on any atom is -0.490 e. The summed E-state index contributed by atoms with van der Waals surface area (Å²) in [6.45, 7) is 3.47. The molecular weight excluding hydrogens is 458 g/mol. The molecule has 0 radical (unpaired) electrons. The molecule has 0 aliphatic carbocycles. The lowest BCUT2D eigenvalue weighted by molar-refractivity contribution is 0.0971. The molecule has 176 valence electrons. The largest absolute Gasteiger partial charge is 0.490 e. The van der Waals surface area contributed by atoms with Gasteiger partial charge in [-0.15, -0.1) is 0 Å². The van der Waals surface area contributed by atoms with Crippen LogP contribution in [0, 0.1) is 0 Å². The maximum absolute atomic E-state index is 13.4. The Hall–Kier alpha value is -2.06. The van der Waals surface area contributed by atoms with Gasteiger partial charge in [0.15, 0.2) is 0 Å². The highest BCUT2D eigenvalue weighted by molar-refractivity contribution is 7.89. The second kappa shape index (κ2) is 9.66. The fraction of sp³-hybridized carbons (Fsp3) is 0.440. The summed E-state index contributed by atoms with van der Waals surface area (Å²) in [6.07, 6.45) is 6.73. The molecule has 0 unspecified atom stereocenters. The number of hydrogen-bond acceptors (Lipinski definition) is 4. The van der Waals surface area contributed by atoms with Gasteiger partial charge in [-0.1, -0.05) is 17.7 Å². The normalized spacial score (nSPS) is 21.1. The van der Waals surface area contributed by atoms with Gasteiger partial charge in [0.05, 0.1) is 4.90 Å². The Kier molecular flexibility index (Phi) is 6.65. The molecule has 2 fully saturated rings. The third-order valence-corrected chi connectivity index (χ3v) is 9.09. The van der Waals surface area contributed by atoms with Gasteiger partial charge in [0.1, 0.15) is 11.9 Å². The zero-order valence-corrected chi connectivity index (χ0v) is 20.2. The van der Waals surface area contributed by atoms with E-state index in [4.69, 9.17) is 16.3 Å². The predicted molar refractivity (Wildman–Crippen MR) is 131 cm³/mol. The Labute approximate surface area is 200 Å². The van der Waals surface area contributed by atoms with Crippen LogP contribution in [-0.2, 0) is 10.0 Å². The number of nitrogens with zero attached hydrogens (tertiary/aromatic N) is 2. The molecule has 3 aromatic rings. The molecule has 0 saturated carbocycles. The number of hydrogen-bond donors (Lipinski definition) is 1. The number of nitrogens with one attached hydrogen (secondary N) is 1. The highest BCUT2D eigenvalue weighted by Gasteiger charge is 2.35. The molecule has 1 atom stereocenters. The van der Waals surface area contributed by atoms with E-state index in [0.717, 1.165) is 68.4 Å². The van der Waals surface area contributed by atoms with E-state index in [1.807, 2.05) is 42.6 Å². The number of aromatic amines is 1. The lowest BCUT2D eigenvalue weighted by Gasteiger charge is -2.33. The van der Waals surface area contributed by atoms with Crippen LogP contribution in [0.25, 0.3) is 10.9 Å². The molecule has 2 saturated heterocycles. The number of aromatic nitrogens is 1. The van der Waals surface area contributed by atoms with Crippen molar-refractivity contribution in [1.82, 2.24) is 14.2 Å². The first-order valence-electron chi connectivity index (χ1n) is 11.7. The molecule has 33 heavy (non-hydrogen) atoms. The monoisotopic (exact) mass is 487 g/mol. The molecule has 2 aromatic carbocycles. The lowest BCUT2D eigenvalue weighted by atomic mass is 10.1. The lowest BCUT2D eigenvalue weighted by Crippen LogP contribution is -2.42. The number of H-pyrrole nitrogens is 1. The molecule has 2 aliphatic heterocycles. The average molecular weight is 488 g/mol. The number of piperidine rings is 1. The highest BCUT2D eigenvalue weighted by atomic mass is 35.5. The minimum absolute atomic E-state index is 0.0670. The summed E-state index contributed by atoms with van der Waals surface area (Å²) in [4.78, 5) is 5.94. The number of likely N-dealkylation sites (tertiary alicyclic amines) is 1. The molecule has 6 nitrogen and oxygen atoms in total. The molecule has 3 heterocycles. The molecular formula is C25H30ClN3O3S. The predicted octanol–water partition coefficient (Wildman–Crippen LogP) is 4.91. The second-order valence-electron chi connectivity index (χ2n) is 9.04. The van der Waals surface area contributed by atoms with Gasteiger partial charge in [-0.2, -0.15) is 4.31 Å². The first-order chi connectivity index (χ1) is 16.0. The average Bonchev–Trinajstić information content (AvgIpc) is 3.49. The van der Waals surface area contributed by atoms with Gasteiger partial charge in [0, 0.05) is 42.4 Å².